The molecule has 0 saturated heterocycles. The number of benzene rings is 1. The number of amides is 1. The molecule has 0 unspecified atom stereocenters. The first kappa shape index (κ1) is 15.4. The van der Waals surface area contributed by atoms with Crippen LogP contribution in [-0.4, -0.2) is 26.8 Å². The molecular weight excluding hydrogens is 360 g/mol. The summed E-state index contributed by atoms with van der Waals surface area (Å²) in [5, 5.41) is 13.5. The van der Waals surface area contributed by atoms with Crippen molar-refractivity contribution >= 4 is 57.1 Å². The number of carbonyl (C=O) groups is 1. The maximum absolute atomic E-state index is 11.9. The molecule has 0 bridgehead atoms. The minimum absolute atomic E-state index is 0.114. The summed E-state index contributed by atoms with van der Waals surface area (Å²) in [5.41, 5.74) is 3.41. The summed E-state index contributed by atoms with van der Waals surface area (Å²) in [7, 11) is 0. The van der Waals surface area contributed by atoms with Gasteiger partial charge >= 0.3 is 0 Å². The van der Waals surface area contributed by atoms with E-state index in [-0.39, 0.29) is 11.7 Å². The van der Waals surface area contributed by atoms with E-state index in [2.05, 4.69) is 20.5 Å². The standard InChI is InChI=1S/C13H9ClN4OS3/c14-9-3-1-8(2-4-9)10-5-20-12(16-10)17-11(19)6-21-13-18-15-7-22-13/h1-5,7H,6H2,(H,16,17,19). The monoisotopic (exact) mass is 368 g/mol. The second-order valence-electron chi connectivity index (χ2n) is 4.09. The molecule has 1 aromatic carbocycles. The molecule has 1 N–H and O–H groups in total. The predicted octanol–water partition coefficient (Wildman–Crippen LogP) is 4.05. The van der Waals surface area contributed by atoms with Crippen molar-refractivity contribution in [3.05, 3.63) is 40.2 Å². The number of thiazole rings is 1. The van der Waals surface area contributed by atoms with Gasteiger partial charge in [0.15, 0.2) is 9.47 Å². The van der Waals surface area contributed by atoms with Gasteiger partial charge in [0.05, 0.1) is 11.4 Å². The number of hydrogen-bond donors (Lipinski definition) is 1. The maximum atomic E-state index is 11.9. The number of thioether (sulfide) groups is 1. The lowest BCUT2D eigenvalue weighted by atomic mass is 10.2. The smallest absolute Gasteiger partial charge is 0.236 e. The fraction of sp³-hybridized carbons (Fsp3) is 0.0769. The van der Waals surface area contributed by atoms with Crippen LogP contribution in [0.4, 0.5) is 5.13 Å². The largest absolute Gasteiger partial charge is 0.301 e. The Morgan fingerprint density at radius 3 is 2.82 bits per heavy atom. The van der Waals surface area contributed by atoms with Gasteiger partial charge in [0.25, 0.3) is 0 Å². The highest BCUT2D eigenvalue weighted by atomic mass is 35.5. The first-order valence-electron chi connectivity index (χ1n) is 6.11. The molecule has 1 amide bonds. The van der Waals surface area contributed by atoms with E-state index in [1.54, 1.807) is 5.51 Å². The third-order valence-electron chi connectivity index (χ3n) is 2.56. The number of aromatic nitrogens is 3. The Kier molecular flexibility index (Phi) is 5.04. The Bertz CT molecular complexity index is 758. The van der Waals surface area contributed by atoms with Crippen LogP contribution in [0.15, 0.2) is 39.5 Å². The van der Waals surface area contributed by atoms with Gasteiger partial charge < -0.3 is 5.32 Å². The molecule has 22 heavy (non-hydrogen) atoms. The Labute approximate surface area is 143 Å². The summed E-state index contributed by atoms with van der Waals surface area (Å²) in [6.07, 6.45) is 0. The van der Waals surface area contributed by atoms with E-state index in [9.17, 15) is 4.79 Å². The number of hydrogen-bond acceptors (Lipinski definition) is 7. The molecule has 0 atom stereocenters. The van der Waals surface area contributed by atoms with E-state index >= 15 is 0 Å². The Hall–Kier alpha value is -1.48. The van der Waals surface area contributed by atoms with Crippen molar-refractivity contribution in [1.29, 1.82) is 0 Å². The summed E-state index contributed by atoms with van der Waals surface area (Å²) in [6, 6.07) is 7.42. The van der Waals surface area contributed by atoms with Gasteiger partial charge in [0.2, 0.25) is 5.91 Å². The van der Waals surface area contributed by atoms with Crippen molar-refractivity contribution in [1.82, 2.24) is 15.2 Å². The van der Waals surface area contributed by atoms with E-state index in [1.807, 2.05) is 29.6 Å². The van der Waals surface area contributed by atoms with Gasteiger partial charge in [-0.3, -0.25) is 4.79 Å². The number of nitrogens with zero attached hydrogens (tertiary/aromatic N) is 3. The number of rotatable bonds is 5. The van der Waals surface area contributed by atoms with E-state index in [1.165, 1.54) is 34.4 Å². The van der Waals surface area contributed by atoms with Crippen LogP contribution in [0.3, 0.4) is 0 Å². The van der Waals surface area contributed by atoms with Crippen LogP contribution in [0.1, 0.15) is 0 Å². The Morgan fingerprint density at radius 2 is 2.09 bits per heavy atom. The predicted molar refractivity (Wildman–Crippen MR) is 91.8 cm³/mol. The summed E-state index contributed by atoms with van der Waals surface area (Å²) >= 11 is 10.0. The van der Waals surface area contributed by atoms with Crippen molar-refractivity contribution in [3.63, 3.8) is 0 Å². The average molecular weight is 369 g/mol. The molecular formula is C13H9ClN4OS3. The zero-order valence-corrected chi connectivity index (χ0v) is 14.2. The van der Waals surface area contributed by atoms with Crippen LogP contribution in [0, 0.1) is 0 Å². The normalized spacial score (nSPS) is 10.6. The number of carbonyl (C=O) groups excluding carboxylic acids is 1. The minimum atomic E-state index is -0.114. The van der Waals surface area contributed by atoms with Gasteiger partial charge in [0, 0.05) is 16.0 Å². The zero-order valence-electron chi connectivity index (χ0n) is 11.0. The summed E-state index contributed by atoms with van der Waals surface area (Å²) in [4.78, 5) is 16.3. The Balaban J connectivity index is 1.59. The fourth-order valence-electron chi connectivity index (χ4n) is 1.59. The topological polar surface area (TPSA) is 67.8 Å². The van der Waals surface area contributed by atoms with Crippen molar-refractivity contribution in [2.45, 2.75) is 4.34 Å². The quantitative estimate of drug-likeness (QED) is 0.688. The maximum Gasteiger partial charge on any atom is 0.236 e. The van der Waals surface area contributed by atoms with E-state index in [0.717, 1.165) is 15.6 Å². The van der Waals surface area contributed by atoms with Gasteiger partial charge in [-0.25, -0.2) is 4.98 Å². The third-order valence-corrected chi connectivity index (χ3v) is 5.43. The lowest BCUT2D eigenvalue weighted by Gasteiger charge is -1.99. The van der Waals surface area contributed by atoms with Crippen LogP contribution in [0.25, 0.3) is 11.3 Å². The highest BCUT2D eigenvalue weighted by molar-refractivity contribution is 8.01. The van der Waals surface area contributed by atoms with E-state index in [4.69, 9.17) is 11.6 Å². The molecule has 0 saturated carbocycles. The summed E-state index contributed by atoms with van der Waals surface area (Å²) < 4.78 is 0.774. The molecule has 0 aliphatic rings. The van der Waals surface area contributed by atoms with Crippen molar-refractivity contribution in [2.24, 2.45) is 0 Å². The molecule has 5 nitrogen and oxygen atoms in total. The molecule has 2 heterocycles. The molecule has 0 fully saturated rings. The zero-order chi connectivity index (χ0) is 15.4. The van der Waals surface area contributed by atoms with E-state index in [0.29, 0.717) is 10.2 Å². The first-order chi connectivity index (χ1) is 10.7. The van der Waals surface area contributed by atoms with Gasteiger partial charge in [-0.05, 0) is 12.1 Å². The Morgan fingerprint density at radius 1 is 1.27 bits per heavy atom. The highest BCUT2D eigenvalue weighted by Crippen LogP contribution is 2.26. The fourth-order valence-corrected chi connectivity index (χ4v) is 3.74. The molecule has 0 radical (unpaired) electrons. The average Bonchev–Trinajstić information content (AvgIpc) is 3.17. The van der Waals surface area contributed by atoms with Crippen molar-refractivity contribution in [2.75, 3.05) is 11.1 Å². The SMILES string of the molecule is O=C(CSc1nncs1)Nc1nc(-c2ccc(Cl)cc2)cs1. The van der Waals surface area contributed by atoms with Gasteiger partial charge in [-0.1, -0.05) is 46.8 Å². The molecule has 9 heteroatoms. The number of halogens is 1. The van der Waals surface area contributed by atoms with Crippen LogP contribution in [0.2, 0.25) is 5.02 Å². The van der Waals surface area contributed by atoms with Crippen LogP contribution in [-0.2, 0) is 4.79 Å². The third kappa shape index (κ3) is 4.04. The minimum Gasteiger partial charge on any atom is -0.301 e. The van der Waals surface area contributed by atoms with Gasteiger partial charge in [0.1, 0.15) is 5.51 Å². The molecule has 3 rings (SSSR count). The molecule has 112 valence electrons. The lowest BCUT2D eigenvalue weighted by molar-refractivity contribution is -0.113. The first-order valence-corrected chi connectivity index (χ1v) is 9.23. The van der Waals surface area contributed by atoms with Crippen LogP contribution >= 0.6 is 46.0 Å². The lowest BCUT2D eigenvalue weighted by Crippen LogP contribution is -2.13. The highest BCUT2D eigenvalue weighted by Gasteiger charge is 2.09. The molecule has 0 spiro atoms. The molecule has 3 aromatic rings. The van der Waals surface area contributed by atoms with E-state index < -0.39 is 0 Å². The van der Waals surface area contributed by atoms with Crippen LogP contribution < -0.4 is 5.32 Å². The van der Waals surface area contributed by atoms with Crippen molar-refractivity contribution < 1.29 is 4.79 Å². The summed E-state index contributed by atoms with van der Waals surface area (Å²) in [5.74, 6) is 0.169. The molecule has 0 aliphatic heterocycles. The number of nitrogens with one attached hydrogen (secondary N) is 1. The number of anilines is 1. The van der Waals surface area contributed by atoms with Gasteiger partial charge in [-0.15, -0.1) is 21.5 Å². The second kappa shape index (κ2) is 7.19. The molecule has 2 aromatic heterocycles. The van der Waals surface area contributed by atoms with Crippen molar-refractivity contribution in [3.8, 4) is 11.3 Å². The second-order valence-corrected chi connectivity index (χ2v) is 7.44. The van der Waals surface area contributed by atoms with Crippen LogP contribution in [0.5, 0.6) is 0 Å². The molecule has 0 aliphatic carbocycles. The summed E-state index contributed by atoms with van der Waals surface area (Å²) in [6.45, 7) is 0. The van der Waals surface area contributed by atoms with Gasteiger partial charge in [-0.2, -0.15) is 0 Å².